The second-order valence-electron chi connectivity index (χ2n) is 11.2. The van der Waals surface area contributed by atoms with Crippen LogP contribution in [-0.4, -0.2) is 67.6 Å². The van der Waals surface area contributed by atoms with Crippen LogP contribution in [0.15, 0.2) is 36.4 Å². The van der Waals surface area contributed by atoms with E-state index in [9.17, 15) is 9.59 Å². The first-order valence-corrected chi connectivity index (χ1v) is 13.6. The molecule has 3 amide bonds. The van der Waals surface area contributed by atoms with Gasteiger partial charge in [0.1, 0.15) is 5.75 Å². The third-order valence-electron chi connectivity index (χ3n) is 7.10. The van der Waals surface area contributed by atoms with E-state index >= 15 is 0 Å². The van der Waals surface area contributed by atoms with E-state index in [1.807, 2.05) is 36.1 Å². The van der Waals surface area contributed by atoms with Crippen LogP contribution in [0, 0.1) is 12.3 Å². The van der Waals surface area contributed by atoms with Gasteiger partial charge in [-0.2, -0.15) is 0 Å². The highest BCUT2D eigenvalue weighted by molar-refractivity contribution is 6.30. The Labute approximate surface area is 225 Å². The minimum atomic E-state index is -0.0721. The maximum Gasteiger partial charge on any atom is 0.317 e. The van der Waals surface area contributed by atoms with Crippen molar-refractivity contribution in [3.63, 3.8) is 0 Å². The zero-order valence-corrected chi connectivity index (χ0v) is 23.2. The Bertz CT molecular complexity index is 1120. The second-order valence-corrected chi connectivity index (χ2v) is 11.6. The summed E-state index contributed by atoms with van der Waals surface area (Å²) in [5.74, 6) is 0.557. The van der Waals surface area contributed by atoms with Crippen molar-refractivity contribution in [1.82, 2.24) is 15.1 Å². The lowest BCUT2D eigenvalue weighted by atomic mass is 9.92. The molecule has 0 spiro atoms. The number of carbonyl (C=O) groups excluding carboxylic acids is 2. The van der Waals surface area contributed by atoms with Crippen molar-refractivity contribution >= 4 is 29.2 Å². The molecule has 200 valence electrons. The number of hydrogen-bond acceptors (Lipinski definition) is 4. The van der Waals surface area contributed by atoms with E-state index in [4.69, 9.17) is 16.3 Å². The standard InChI is InChI=1S/C29H39ClN4O3/c1-21-18-22(27(35)34-11-5-17-37-26-19-24(30)8-9-25(26)34)6-7-23(21)20-31-28(36)33-15-13-32(14-16-33)12-10-29(2,3)4/h6-9,18-19H,5,10-17,20H2,1-4H3,(H,31,36). The summed E-state index contributed by atoms with van der Waals surface area (Å²) >= 11 is 6.13. The fourth-order valence-corrected chi connectivity index (χ4v) is 4.86. The summed E-state index contributed by atoms with van der Waals surface area (Å²) in [5, 5.41) is 3.64. The van der Waals surface area contributed by atoms with Crippen LogP contribution in [0.3, 0.4) is 0 Å². The number of ether oxygens (including phenoxy) is 1. The Morgan fingerprint density at radius 3 is 2.49 bits per heavy atom. The number of aryl methyl sites for hydroxylation is 1. The number of hydrogen-bond donors (Lipinski definition) is 1. The van der Waals surface area contributed by atoms with Crippen LogP contribution in [0.25, 0.3) is 0 Å². The number of urea groups is 1. The third kappa shape index (κ3) is 7.17. The molecule has 1 saturated heterocycles. The van der Waals surface area contributed by atoms with Crippen molar-refractivity contribution in [2.75, 3.05) is 50.8 Å². The highest BCUT2D eigenvalue weighted by Gasteiger charge is 2.25. The molecular formula is C29H39ClN4O3. The number of benzene rings is 2. The Balaban J connectivity index is 1.33. The molecule has 8 heteroatoms. The van der Waals surface area contributed by atoms with E-state index < -0.39 is 0 Å². The number of carbonyl (C=O) groups is 2. The number of piperazine rings is 1. The molecule has 0 unspecified atom stereocenters. The predicted octanol–water partition coefficient (Wildman–Crippen LogP) is 5.34. The van der Waals surface area contributed by atoms with Crippen molar-refractivity contribution in [3.05, 3.63) is 58.1 Å². The van der Waals surface area contributed by atoms with Crippen molar-refractivity contribution < 1.29 is 14.3 Å². The van der Waals surface area contributed by atoms with E-state index in [-0.39, 0.29) is 11.9 Å². The lowest BCUT2D eigenvalue weighted by Gasteiger charge is -2.36. The first-order valence-electron chi connectivity index (χ1n) is 13.2. The van der Waals surface area contributed by atoms with Gasteiger partial charge in [-0.15, -0.1) is 0 Å². The molecule has 2 heterocycles. The Morgan fingerprint density at radius 2 is 1.78 bits per heavy atom. The molecule has 0 radical (unpaired) electrons. The molecule has 2 aromatic rings. The summed E-state index contributed by atoms with van der Waals surface area (Å²) < 4.78 is 5.80. The molecule has 0 saturated carbocycles. The monoisotopic (exact) mass is 526 g/mol. The first kappa shape index (κ1) is 27.3. The first-order chi connectivity index (χ1) is 17.6. The lowest BCUT2D eigenvalue weighted by molar-refractivity contribution is 0.0987. The zero-order chi connectivity index (χ0) is 26.6. The molecular weight excluding hydrogens is 488 g/mol. The van der Waals surface area contributed by atoms with Gasteiger partial charge < -0.3 is 19.9 Å². The Hall–Kier alpha value is -2.77. The summed E-state index contributed by atoms with van der Waals surface area (Å²) in [6.07, 6.45) is 1.90. The van der Waals surface area contributed by atoms with E-state index in [2.05, 4.69) is 31.0 Å². The molecule has 2 aliphatic rings. The van der Waals surface area contributed by atoms with E-state index in [0.717, 1.165) is 62.4 Å². The average Bonchev–Trinajstić information content (AvgIpc) is 3.08. The maximum atomic E-state index is 13.4. The number of nitrogens with one attached hydrogen (secondary N) is 1. The lowest BCUT2D eigenvalue weighted by Crippen LogP contribution is -2.52. The van der Waals surface area contributed by atoms with Crippen LogP contribution in [0.4, 0.5) is 10.5 Å². The fraction of sp³-hybridized carbons (Fsp3) is 0.517. The fourth-order valence-electron chi connectivity index (χ4n) is 4.70. The van der Waals surface area contributed by atoms with Crippen LogP contribution >= 0.6 is 11.6 Å². The highest BCUT2D eigenvalue weighted by atomic mass is 35.5. The summed E-state index contributed by atoms with van der Waals surface area (Å²) in [4.78, 5) is 32.3. The second kappa shape index (κ2) is 11.7. The topological polar surface area (TPSA) is 65.1 Å². The van der Waals surface area contributed by atoms with Crippen LogP contribution < -0.4 is 15.0 Å². The molecule has 0 bridgehead atoms. The van der Waals surface area contributed by atoms with Crippen LogP contribution in [0.2, 0.25) is 5.02 Å². The largest absolute Gasteiger partial charge is 0.491 e. The van der Waals surface area contributed by atoms with Gasteiger partial charge in [-0.1, -0.05) is 38.4 Å². The number of amides is 3. The van der Waals surface area contributed by atoms with Gasteiger partial charge in [0.05, 0.1) is 12.3 Å². The van der Waals surface area contributed by atoms with Gasteiger partial charge in [-0.3, -0.25) is 9.69 Å². The van der Waals surface area contributed by atoms with E-state index in [1.165, 1.54) is 0 Å². The smallest absolute Gasteiger partial charge is 0.317 e. The summed E-state index contributed by atoms with van der Waals surface area (Å²) in [6.45, 7) is 14.7. The Morgan fingerprint density at radius 1 is 1.03 bits per heavy atom. The van der Waals surface area contributed by atoms with Crippen molar-refractivity contribution in [2.24, 2.45) is 5.41 Å². The van der Waals surface area contributed by atoms with Gasteiger partial charge >= 0.3 is 6.03 Å². The van der Waals surface area contributed by atoms with Crippen molar-refractivity contribution in [1.29, 1.82) is 0 Å². The number of fused-ring (bicyclic) bond motifs is 1. The third-order valence-corrected chi connectivity index (χ3v) is 7.33. The normalized spacial score (nSPS) is 16.6. The van der Waals surface area contributed by atoms with Gasteiger partial charge in [-0.05, 0) is 67.1 Å². The molecule has 7 nitrogen and oxygen atoms in total. The summed E-state index contributed by atoms with van der Waals surface area (Å²) in [7, 11) is 0. The molecule has 2 aliphatic heterocycles. The quantitative estimate of drug-likeness (QED) is 0.571. The maximum absolute atomic E-state index is 13.4. The van der Waals surface area contributed by atoms with Crippen molar-refractivity contribution in [3.8, 4) is 5.75 Å². The van der Waals surface area contributed by atoms with Crippen LogP contribution in [0.5, 0.6) is 5.75 Å². The van der Waals surface area contributed by atoms with Gasteiger partial charge in [0.15, 0.2) is 0 Å². The highest BCUT2D eigenvalue weighted by Crippen LogP contribution is 2.34. The van der Waals surface area contributed by atoms with E-state index in [1.54, 1.807) is 17.0 Å². The van der Waals surface area contributed by atoms with Gasteiger partial charge in [0.2, 0.25) is 0 Å². The molecule has 4 rings (SSSR count). The molecule has 1 fully saturated rings. The predicted molar refractivity (Wildman–Crippen MR) is 149 cm³/mol. The van der Waals surface area contributed by atoms with Gasteiger partial charge in [-0.25, -0.2) is 4.79 Å². The van der Waals surface area contributed by atoms with Crippen LogP contribution in [-0.2, 0) is 6.54 Å². The molecule has 1 N–H and O–H groups in total. The van der Waals surface area contributed by atoms with Gasteiger partial charge in [0, 0.05) is 55.9 Å². The number of nitrogens with zero attached hydrogens (tertiary/aromatic N) is 3. The molecule has 2 aromatic carbocycles. The molecule has 37 heavy (non-hydrogen) atoms. The molecule has 0 atom stereocenters. The number of rotatable bonds is 5. The average molecular weight is 527 g/mol. The number of anilines is 1. The zero-order valence-electron chi connectivity index (χ0n) is 22.5. The SMILES string of the molecule is Cc1cc(C(=O)N2CCCOc3cc(Cl)ccc32)ccc1CNC(=O)N1CCN(CCC(C)(C)C)CC1. The summed E-state index contributed by atoms with van der Waals surface area (Å²) in [5.41, 5.74) is 3.65. The molecule has 0 aromatic heterocycles. The Kier molecular flexibility index (Phi) is 8.65. The minimum Gasteiger partial charge on any atom is -0.491 e. The molecule has 0 aliphatic carbocycles. The van der Waals surface area contributed by atoms with Gasteiger partial charge in [0.25, 0.3) is 5.91 Å². The van der Waals surface area contributed by atoms with Crippen molar-refractivity contribution in [2.45, 2.75) is 47.1 Å². The number of halogens is 1. The van der Waals surface area contributed by atoms with Crippen LogP contribution in [0.1, 0.15) is 55.1 Å². The summed E-state index contributed by atoms with van der Waals surface area (Å²) in [6, 6.07) is 11.0. The minimum absolute atomic E-state index is 0.0325. The van der Waals surface area contributed by atoms with E-state index in [0.29, 0.717) is 41.4 Å².